The van der Waals surface area contributed by atoms with Crippen molar-refractivity contribution in [1.29, 1.82) is 0 Å². The van der Waals surface area contributed by atoms with Gasteiger partial charge in [0.1, 0.15) is 0 Å². The highest BCUT2D eigenvalue weighted by molar-refractivity contribution is 5.66. The molecule has 0 aliphatic heterocycles. The summed E-state index contributed by atoms with van der Waals surface area (Å²) in [5, 5.41) is 9.05. The summed E-state index contributed by atoms with van der Waals surface area (Å²) >= 11 is 0. The third-order valence-corrected chi connectivity index (χ3v) is 1.02. The van der Waals surface area contributed by atoms with E-state index in [4.69, 9.17) is 5.11 Å². The molecule has 3 nitrogen and oxygen atoms in total. The molecule has 0 bridgehead atoms. The Balaban J connectivity index is 3.71. The molecule has 0 fully saturated rings. The lowest BCUT2D eigenvalue weighted by molar-refractivity contribution is -0.200. The summed E-state index contributed by atoms with van der Waals surface area (Å²) in [6.07, 6.45) is 0.409. The van der Waals surface area contributed by atoms with Crippen LogP contribution in [0.1, 0.15) is 27.2 Å². The summed E-state index contributed by atoms with van der Waals surface area (Å²) in [5.41, 5.74) is 0. The molecular formula is C6H12O3. The normalized spacial score (nSPS) is 16.4. The second kappa shape index (κ2) is 2.82. The number of hydrogen-bond acceptors (Lipinski definition) is 3. The van der Waals surface area contributed by atoms with Crippen molar-refractivity contribution in [3.05, 3.63) is 0 Å². The fourth-order valence-electron chi connectivity index (χ4n) is 0.382. The average molecular weight is 132 g/mol. The Labute approximate surface area is 54.6 Å². The topological polar surface area (TPSA) is 46.5 Å². The first-order valence-corrected chi connectivity index (χ1v) is 2.90. The summed E-state index contributed by atoms with van der Waals surface area (Å²) < 4.78 is 4.50. The van der Waals surface area contributed by atoms with E-state index in [0.29, 0.717) is 6.42 Å². The molecule has 9 heavy (non-hydrogen) atoms. The lowest BCUT2D eigenvalue weighted by Gasteiger charge is -2.19. The van der Waals surface area contributed by atoms with Gasteiger partial charge in [-0.15, -0.1) is 0 Å². The van der Waals surface area contributed by atoms with E-state index in [1.807, 2.05) is 0 Å². The van der Waals surface area contributed by atoms with E-state index >= 15 is 0 Å². The molecule has 0 aliphatic rings. The molecule has 1 atom stereocenters. The highest BCUT2D eigenvalue weighted by atomic mass is 16.7. The van der Waals surface area contributed by atoms with Crippen LogP contribution < -0.4 is 0 Å². The standard InChI is InChI=1S/C6H12O3/c1-4-6(3,8)9-5(2)7/h8H,4H2,1-3H3. The van der Waals surface area contributed by atoms with Crippen molar-refractivity contribution in [2.75, 3.05) is 0 Å². The number of carbonyl (C=O) groups is 1. The van der Waals surface area contributed by atoms with Gasteiger partial charge in [0, 0.05) is 20.3 Å². The minimum atomic E-state index is -1.29. The zero-order valence-corrected chi connectivity index (χ0v) is 5.97. The van der Waals surface area contributed by atoms with Gasteiger partial charge in [0.15, 0.2) is 0 Å². The second-order valence-electron chi connectivity index (χ2n) is 2.12. The van der Waals surface area contributed by atoms with E-state index < -0.39 is 11.8 Å². The lowest BCUT2D eigenvalue weighted by Crippen LogP contribution is -2.28. The minimum absolute atomic E-state index is 0.409. The Morgan fingerprint density at radius 1 is 1.78 bits per heavy atom. The Kier molecular flexibility index (Phi) is 2.65. The van der Waals surface area contributed by atoms with Gasteiger partial charge in [-0.1, -0.05) is 6.92 Å². The summed E-state index contributed by atoms with van der Waals surface area (Å²) in [6.45, 7) is 4.46. The third kappa shape index (κ3) is 3.97. The van der Waals surface area contributed by atoms with E-state index in [1.165, 1.54) is 13.8 Å². The van der Waals surface area contributed by atoms with Gasteiger partial charge in [-0.05, 0) is 0 Å². The van der Waals surface area contributed by atoms with Gasteiger partial charge >= 0.3 is 5.97 Å². The molecule has 0 aromatic heterocycles. The Hall–Kier alpha value is -0.570. The van der Waals surface area contributed by atoms with Gasteiger partial charge in [-0.2, -0.15) is 0 Å². The quantitative estimate of drug-likeness (QED) is 0.443. The molecule has 1 N–H and O–H groups in total. The number of aliphatic hydroxyl groups is 1. The van der Waals surface area contributed by atoms with Crippen molar-refractivity contribution in [1.82, 2.24) is 0 Å². The molecule has 3 heteroatoms. The zero-order valence-electron chi connectivity index (χ0n) is 5.97. The van der Waals surface area contributed by atoms with Crippen molar-refractivity contribution >= 4 is 5.97 Å². The van der Waals surface area contributed by atoms with Crippen molar-refractivity contribution in [3.8, 4) is 0 Å². The number of ether oxygens (including phenoxy) is 1. The lowest BCUT2D eigenvalue weighted by atomic mass is 10.2. The molecule has 0 aromatic rings. The number of rotatable bonds is 2. The van der Waals surface area contributed by atoms with Crippen LogP contribution in [0.3, 0.4) is 0 Å². The molecule has 0 aromatic carbocycles. The van der Waals surface area contributed by atoms with Gasteiger partial charge in [-0.25, -0.2) is 0 Å². The fourth-order valence-corrected chi connectivity index (χ4v) is 0.382. The first-order chi connectivity index (χ1) is 3.98. The molecule has 0 saturated carbocycles. The number of esters is 1. The molecule has 0 heterocycles. The Morgan fingerprint density at radius 2 is 2.22 bits per heavy atom. The highest BCUT2D eigenvalue weighted by Gasteiger charge is 2.19. The van der Waals surface area contributed by atoms with Crippen LogP contribution in [0.5, 0.6) is 0 Å². The fraction of sp³-hybridized carbons (Fsp3) is 0.833. The maximum absolute atomic E-state index is 10.2. The van der Waals surface area contributed by atoms with Crippen LogP contribution in [-0.2, 0) is 9.53 Å². The van der Waals surface area contributed by atoms with E-state index in [1.54, 1.807) is 6.92 Å². The maximum Gasteiger partial charge on any atom is 0.305 e. The van der Waals surface area contributed by atoms with Crippen LogP contribution >= 0.6 is 0 Å². The van der Waals surface area contributed by atoms with Crippen LogP contribution in [0, 0.1) is 0 Å². The van der Waals surface area contributed by atoms with E-state index in [9.17, 15) is 4.79 Å². The number of hydrogen-bond donors (Lipinski definition) is 1. The monoisotopic (exact) mass is 132 g/mol. The summed E-state index contributed by atoms with van der Waals surface area (Å²) in [4.78, 5) is 10.2. The molecule has 0 amide bonds. The first kappa shape index (κ1) is 8.43. The Morgan fingerprint density at radius 3 is 2.33 bits per heavy atom. The van der Waals surface area contributed by atoms with Crippen LogP contribution in [0.4, 0.5) is 0 Å². The van der Waals surface area contributed by atoms with Crippen molar-refractivity contribution in [2.24, 2.45) is 0 Å². The van der Waals surface area contributed by atoms with Gasteiger partial charge in [0.2, 0.25) is 5.79 Å². The Bertz CT molecular complexity index is 107. The molecule has 0 spiro atoms. The average Bonchev–Trinajstić information content (AvgIpc) is 1.63. The van der Waals surface area contributed by atoms with Crippen molar-refractivity contribution in [2.45, 2.75) is 33.0 Å². The van der Waals surface area contributed by atoms with Crippen LogP contribution in [0.2, 0.25) is 0 Å². The zero-order chi connectivity index (χ0) is 7.49. The second-order valence-corrected chi connectivity index (χ2v) is 2.12. The minimum Gasteiger partial charge on any atom is -0.434 e. The van der Waals surface area contributed by atoms with Crippen LogP contribution in [0.15, 0.2) is 0 Å². The summed E-state index contributed by atoms with van der Waals surface area (Å²) in [5.74, 6) is -1.74. The predicted octanol–water partition coefficient (Wildman–Crippen LogP) is 0.668. The van der Waals surface area contributed by atoms with Crippen LogP contribution in [-0.4, -0.2) is 16.9 Å². The number of carbonyl (C=O) groups excluding carboxylic acids is 1. The molecule has 54 valence electrons. The van der Waals surface area contributed by atoms with Gasteiger partial charge in [0.25, 0.3) is 0 Å². The summed E-state index contributed by atoms with van der Waals surface area (Å²) in [7, 11) is 0. The van der Waals surface area contributed by atoms with Gasteiger partial charge < -0.3 is 9.84 Å². The maximum atomic E-state index is 10.2. The molecule has 0 saturated heterocycles. The van der Waals surface area contributed by atoms with Crippen molar-refractivity contribution in [3.63, 3.8) is 0 Å². The third-order valence-electron chi connectivity index (χ3n) is 1.02. The SMILES string of the molecule is CCC(C)(O)OC(C)=O. The van der Waals surface area contributed by atoms with E-state index in [0.717, 1.165) is 0 Å². The van der Waals surface area contributed by atoms with E-state index in [2.05, 4.69) is 4.74 Å². The largest absolute Gasteiger partial charge is 0.434 e. The van der Waals surface area contributed by atoms with Crippen molar-refractivity contribution < 1.29 is 14.6 Å². The van der Waals surface area contributed by atoms with Gasteiger partial charge in [-0.3, -0.25) is 4.79 Å². The molecular weight excluding hydrogens is 120 g/mol. The molecule has 1 unspecified atom stereocenters. The molecule has 0 rings (SSSR count). The smallest absolute Gasteiger partial charge is 0.305 e. The molecule has 0 aliphatic carbocycles. The van der Waals surface area contributed by atoms with Crippen LogP contribution in [0.25, 0.3) is 0 Å². The van der Waals surface area contributed by atoms with Gasteiger partial charge in [0.05, 0.1) is 0 Å². The highest BCUT2D eigenvalue weighted by Crippen LogP contribution is 2.09. The predicted molar refractivity (Wildman–Crippen MR) is 32.7 cm³/mol. The molecule has 0 radical (unpaired) electrons. The van der Waals surface area contributed by atoms with E-state index in [-0.39, 0.29) is 0 Å². The summed E-state index contributed by atoms with van der Waals surface area (Å²) in [6, 6.07) is 0. The first-order valence-electron chi connectivity index (χ1n) is 2.90.